The Morgan fingerprint density at radius 1 is 1.80 bits per heavy atom. The van der Waals surface area contributed by atoms with E-state index in [9.17, 15) is 0 Å². The van der Waals surface area contributed by atoms with Crippen molar-refractivity contribution in [1.82, 2.24) is 0 Å². The van der Waals surface area contributed by atoms with Crippen LogP contribution in [0.25, 0.3) is 0 Å². The van der Waals surface area contributed by atoms with Crippen LogP contribution < -0.4 is 5.73 Å². The lowest BCUT2D eigenvalue weighted by atomic mass is 10.1. The summed E-state index contributed by atoms with van der Waals surface area (Å²) >= 11 is 0. The molecule has 10 heavy (non-hydrogen) atoms. The van der Waals surface area contributed by atoms with Crippen molar-refractivity contribution in [1.29, 1.82) is 5.26 Å². The summed E-state index contributed by atoms with van der Waals surface area (Å²) in [6.07, 6.45) is -0.764. The van der Waals surface area contributed by atoms with Gasteiger partial charge in [-0.05, 0) is 0 Å². The normalized spacial score (nSPS) is 15.8. The first-order chi connectivity index (χ1) is 4.76. The first-order valence-electron chi connectivity index (χ1n) is 3.03. The van der Waals surface area contributed by atoms with Gasteiger partial charge in [-0.3, -0.25) is 0 Å². The Morgan fingerprint density at radius 2 is 2.40 bits per heavy atom. The number of nitriles is 1. The number of rotatable bonds is 4. The molecule has 4 nitrogen and oxygen atoms in total. The Morgan fingerprint density at radius 3 is 2.70 bits per heavy atom. The van der Waals surface area contributed by atoms with Crippen molar-refractivity contribution in [3.63, 3.8) is 0 Å². The molecule has 0 saturated heterocycles. The van der Waals surface area contributed by atoms with Gasteiger partial charge in [0.15, 0.2) is 0 Å². The zero-order valence-corrected chi connectivity index (χ0v) is 5.95. The lowest BCUT2D eigenvalue weighted by molar-refractivity contribution is 0.0424. The molecule has 0 aromatic rings. The molecule has 0 aliphatic carbocycles. The monoisotopic (exact) mass is 144 g/mol. The molecule has 0 bridgehead atoms. The lowest BCUT2D eigenvalue weighted by Crippen LogP contribution is -2.30. The average molecular weight is 144 g/mol. The van der Waals surface area contributed by atoms with E-state index >= 15 is 0 Å². The molecule has 0 saturated carbocycles. The van der Waals surface area contributed by atoms with Crippen molar-refractivity contribution >= 4 is 0 Å². The summed E-state index contributed by atoms with van der Waals surface area (Å²) in [5, 5.41) is 17.5. The molecular weight excluding hydrogens is 132 g/mol. The van der Waals surface area contributed by atoms with Gasteiger partial charge in [0.05, 0.1) is 24.7 Å². The molecular formula is C6H12N2O2. The summed E-state index contributed by atoms with van der Waals surface area (Å²) in [5.74, 6) is -0.514. The molecule has 0 fully saturated rings. The van der Waals surface area contributed by atoms with E-state index in [1.165, 1.54) is 7.11 Å². The van der Waals surface area contributed by atoms with Crippen LogP contribution in [-0.4, -0.2) is 31.5 Å². The fraction of sp³-hybridized carbons (Fsp3) is 0.833. The van der Waals surface area contributed by atoms with Crippen molar-refractivity contribution in [3.8, 4) is 6.07 Å². The van der Waals surface area contributed by atoms with E-state index in [4.69, 9.17) is 16.1 Å². The number of aliphatic hydroxyl groups excluding tert-OH is 1. The van der Waals surface area contributed by atoms with Crippen LogP contribution in [0.15, 0.2) is 0 Å². The van der Waals surface area contributed by atoms with Crippen molar-refractivity contribution in [2.75, 3.05) is 20.3 Å². The van der Waals surface area contributed by atoms with Crippen molar-refractivity contribution in [2.45, 2.75) is 6.10 Å². The average Bonchev–Trinajstić information content (AvgIpc) is 1.91. The number of aliphatic hydroxyl groups is 1. The fourth-order valence-electron chi connectivity index (χ4n) is 0.583. The van der Waals surface area contributed by atoms with Crippen molar-refractivity contribution < 1.29 is 9.84 Å². The zero-order chi connectivity index (χ0) is 7.98. The van der Waals surface area contributed by atoms with Crippen LogP contribution in [0.2, 0.25) is 0 Å². The molecule has 0 spiro atoms. The van der Waals surface area contributed by atoms with Crippen LogP contribution in [0, 0.1) is 17.2 Å². The minimum absolute atomic E-state index is 0.162. The van der Waals surface area contributed by atoms with Gasteiger partial charge in [0.2, 0.25) is 0 Å². The van der Waals surface area contributed by atoms with Crippen molar-refractivity contribution in [3.05, 3.63) is 0 Å². The summed E-state index contributed by atoms with van der Waals surface area (Å²) in [6, 6.07) is 1.88. The Kier molecular flexibility index (Phi) is 4.85. The van der Waals surface area contributed by atoms with Crippen LogP contribution in [0.1, 0.15) is 0 Å². The van der Waals surface area contributed by atoms with Crippen LogP contribution in [0.4, 0.5) is 0 Å². The van der Waals surface area contributed by atoms with Gasteiger partial charge in [-0.25, -0.2) is 0 Å². The van der Waals surface area contributed by atoms with E-state index in [2.05, 4.69) is 4.74 Å². The van der Waals surface area contributed by atoms with E-state index in [1.54, 1.807) is 0 Å². The highest BCUT2D eigenvalue weighted by atomic mass is 16.5. The predicted molar refractivity (Wildman–Crippen MR) is 36.0 cm³/mol. The van der Waals surface area contributed by atoms with Gasteiger partial charge in [-0.15, -0.1) is 0 Å². The predicted octanol–water partition coefficient (Wildman–Crippen LogP) is -0.908. The first-order valence-corrected chi connectivity index (χ1v) is 3.03. The maximum Gasteiger partial charge on any atom is 0.0943 e. The third-order valence-corrected chi connectivity index (χ3v) is 1.22. The maximum atomic E-state index is 9.08. The molecule has 0 heterocycles. The lowest BCUT2D eigenvalue weighted by Gasteiger charge is -2.12. The first kappa shape index (κ1) is 9.37. The SMILES string of the molecule is COCC(O)C(C#N)CN. The zero-order valence-electron chi connectivity index (χ0n) is 5.95. The quantitative estimate of drug-likeness (QED) is 0.535. The smallest absolute Gasteiger partial charge is 0.0943 e. The van der Waals surface area contributed by atoms with Gasteiger partial charge >= 0.3 is 0 Å². The number of methoxy groups -OCH3 is 1. The summed E-state index contributed by atoms with van der Waals surface area (Å²) in [4.78, 5) is 0. The Bertz CT molecular complexity index is 121. The topological polar surface area (TPSA) is 79.3 Å². The molecule has 0 rings (SSSR count). The molecule has 0 amide bonds. The number of hydrogen-bond donors (Lipinski definition) is 2. The van der Waals surface area contributed by atoms with Gasteiger partial charge in [-0.2, -0.15) is 5.26 Å². The van der Waals surface area contributed by atoms with Crippen molar-refractivity contribution in [2.24, 2.45) is 11.7 Å². The molecule has 0 aromatic carbocycles. The molecule has 3 N–H and O–H groups in total. The highest BCUT2D eigenvalue weighted by Crippen LogP contribution is 1.99. The number of nitrogens with two attached hydrogens (primary N) is 1. The molecule has 0 aliphatic rings. The molecule has 2 atom stereocenters. The molecule has 58 valence electrons. The highest BCUT2D eigenvalue weighted by molar-refractivity contribution is 4.88. The molecule has 4 heteroatoms. The molecule has 2 unspecified atom stereocenters. The van der Waals surface area contributed by atoms with E-state index in [0.29, 0.717) is 0 Å². The van der Waals surface area contributed by atoms with E-state index < -0.39 is 12.0 Å². The largest absolute Gasteiger partial charge is 0.389 e. The van der Waals surface area contributed by atoms with Crippen LogP contribution in [0.5, 0.6) is 0 Å². The molecule has 0 radical (unpaired) electrons. The standard InChI is InChI=1S/C6H12N2O2/c1-10-4-6(9)5(2-7)3-8/h5-6,9H,2,4,7H2,1H3. The highest BCUT2D eigenvalue weighted by Gasteiger charge is 2.15. The van der Waals surface area contributed by atoms with Gasteiger partial charge < -0.3 is 15.6 Å². The Balaban J connectivity index is 3.67. The number of hydrogen-bond acceptors (Lipinski definition) is 4. The second-order valence-electron chi connectivity index (χ2n) is 1.99. The minimum Gasteiger partial charge on any atom is -0.389 e. The van der Waals surface area contributed by atoms with E-state index in [0.717, 1.165) is 0 Å². The summed E-state index contributed by atoms with van der Waals surface area (Å²) in [7, 11) is 1.47. The van der Waals surface area contributed by atoms with E-state index in [1.807, 2.05) is 6.07 Å². The second-order valence-corrected chi connectivity index (χ2v) is 1.99. The summed E-state index contributed by atoms with van der Waals surface area (Å²) in [5.41, 5.74) is 5.18. The second kappa shape index (κ2) is 5.18. The van der Waals surface area contributed by atoms with Gasteiger partial charge in [-0.1, -0.05) is 0 Å². The van der Waals surface area contributed by atoms with Crippen LogP contribution >= 0.6 is 0 Å². The molecule has 0 aromatic heterocycles. The fourth-order valence-corrected chi connectivity index (χ4v) is 0.583. The van der Waals surface area contributed by atoms with Gasteiger partial charge in [0, 0.05) is 13.7 Å². The maximum absolute atomic E-state index is 9.08. The summed E-state index contributed by atoms with van der Waals surface area (Å²) in [6.45, 7) is 0.330. The number of nitrogens with zero attached hydrogens (tertiary/aromatic N) is 1. The third-order valence-electron chi connectivity index (χ3n) is 1.22. The Hall–Kier alpha value is -0.630. The third kappa shape index (κ3) is 2.78. The van der Waals surface area contributed by atoms with Crippen LogP contribution in [-0.2, 0) is 4.74 Å². The Labute approximate surface area is 60.2 Å². The number of ether oxygens (including phenoxy) is 1. The minimum atomic E-state index is -0.764. The van der Waals surface area contributed by atoms with Gasteiger partial charge in [0.25, 0.3) is 0 Å². The van der Waals surface area contributed by atoms with Crippen LogP contribution in [0.3, 0.4) is 0 Å². The summed E-state index contributed by atoms with van der Waals surface area (Å²) < 4.78 is 4.63. The van der Waals surface area contributed by atoms with Gasteiger partial charge in [0.1, 0.15) is 0 Å². The molecule has 0 aliphatic heterocycles. The van der Waals surface area contributed by atoms with E-state index in [-0.39, 0.29) is 13.2 Å².